The standard InChI is InChI=1S/C18H25N3O4/c1-23-17-14-15(5-7-20-18(22)4-6-19)2-3-16(17)25-13-10-21-8-11-24-12-9-21/h2-3,14H,4-5,7-13H2,1H3,(H,20,22). The molecule has 0 saturated carbocycles. The Morgan fingerprint density at radius 2 is 2.16 bits per heavy atom. The van der Waals surface area contributed by atoms with Crippen molar-refractivity contribution in [3.63, 3.8) is 0 Å². The first-order chi connectivity index (χ1) is 12.2. The van der Waals surface area contributed by atoms with E-state index in [9.17, 15) is 4.79 Å². The summed E-state index contributed by atoms with van der Waals surface area (Å²) in [6, 6.07) is 7.60. The molecule has 1 aromatic carbocycles. The van der Waals surface area contributed by atoms with E-state index in [0.717, 1.165) is 38.4 Å². The number of rotatable bonds is 9. The van der Waals surface area contributed by atoms with E-state index in [2.05, 4.69) is 10.2 Å². The van der Waals surface area contributed by atoms with Gasteiger partial charge in [0.1, 0.15) is 13.0 Å². The summed E-state index contributed by atoms with van der Waals surface area (Å²) in [4.78, 5) is 13.6. The second-order valence-electron chi connectivity index (χ2n) is 5.72. The number of amides is 1. The van der Waals surface area contributed by atoms with Gasteiger partial charge >= 0.3 is 0 Å². The van der Waals surface area contributed by atoms with E-state index in [4.69, 9.17) is 19.5 Å². The van der Waals surface area contributed by atoms with Crippen molar-refractivity contribution < 1.29 is 19.0 Å². The maximum Gasteiger partial charge on any atom is 0.234 e. The molecule has 0 aromatic heterocycles. The molecule has 1 N–H and O–H groups in total. The van der Waals surface area contributed by atoms with E-state index >= 15 is 0 Å². The third-order valence-corrected chi connectivity index (χ3v) is 3.97. The molecular weight excluding hydrogens is 322 g/mol. The van der Waals surface area contributed by atoms with Crippen LogP contribution in [0.5, 0.6) is 11.5 Å². The molecule has 1 amide bonds. The molecule has 136 valence electrons. The Hall–Kier alpha value is -2.30. The molecule has 0 unspecified atom stereocenters. The van der Waals surface area contributed by atoms with Gasteiger partial charge < -0.3 is 19.5 Å². The molecule has 1 aliphatic heterocycles. The van der Waals surface area contributed by atoms with Crippen molar-refractivity contribution in [2.45, 2.75) is 12.8 Å². The largest absolute Gasteiger partial charge is 0.493 e. The van der Waals surface area contributed by atoms with Crippen LogP contribution in [0.4, 0.5) is 0 Å². The summed E-state index contributed by atoms with van der Waals surface area (Å²) >= 11 is 0. The molecule has 0 bridgehead atoms. The van der Waals surface area contributed by atoms with Crippen molar-refractivity contribution >= 4 is 5.91 Å². The van der Waals surface area contributed by atoms with Gasteiger partial charge in [0.2, 0.25) is 5.91 Å². The smallest absolute Gasteiger partial charge is 0.234 e. The van der Waals surface area contributed by atoms with Gasteiger partial charge in [0.15, 0.2) is 11.5 Å². The van der Waals surface area contributed by atoms with Gasteiger partial charge in [-0.1, -0.05) is 6.07 Å². The summed E-state index contributed by atoms with van der Waals surface area (Å²) in [5.74, 6) is 1.15. The third-order valence-electron chi connectivity index (χ3n) is 3.97. The van der Waals surface area contributed by atoms with Crippen LogP contribution in [0, 0.1) is 11.3 Å². The van der Waals surface area contributed by atoms with Crippen molar-refractivity contribution in [1.29, 1.82) is 5.26 Å². The van der Waals surface area contributed by atoms with E-state index < -0.39 is 0 Å². The quantitative estimate of drug-likeness (QED) is 0.717. The minimum Gasteiger partial charge on any atom is -0.493 e. The number of carbonyl (C=O) groups is 1. The molecule has 1 heterocycles. The second-order valence-corrected chi connectivity index (χ2v) is 5.72. The Kier molecular flexibility index (Phi) is 8.02. The molecule has 0 atom stereocenters. The zero-order valence-corrected chi connectivity index (χ0v) is 14.6. The molecule has 1 saturated heterocycles. The predicted molar refractivity (Wildman–Crippen MR) is 92.7 cm³/mol. The number of nitrogens with zero attached hydrogens (tertiary/aromatic N) is 2. The summed E-state index contributed by atoms with van der Waals surface area (Å²) in [5, 5.41) is 11.2. The van der Waals surface area contributed by atoms with Crippen LogP contribution in [0.25, 0.3) is 0 Å². The van der Waals surface area contributed by atoms with Crippen LogP contribution in [0.15, 0.2) is 18.2 Å². The fraction of sp³-hybridized carbons (Fsp3) is 0.556. The lowest BCUT2D eigenvalue weighted by Gasteiger charge is -2.26. The fourth-order valence-electron chi connectivity index (χ4n) is 2.58. The maximum atomic E-state index is 11.3. The summed E-state index contributed by atoms with van der Waals surface area (Å²) in [6.45, 7) is 5.39. The Morgan fingerprint density at radius 3 is 2.88 bits per heavy atom. The molecule has 2 rings (SSSR count). The highest BCUT2D eigenvalue weighted by molar-refractivity contribution is 5.77. The van der Waals surface area contributed by atoms with Crippen molar-refractivity contribution in [3.05, 3.63) is 23.8 Å². The SMILES string of the molecule is COc1cc(CCNC(=O)CC#N)ccc1OCCN1CCOCC1. The van der Waals surface area contributed by atoms with Crippen LogP contribution >= 0.6 is 0 Å². The van der Waals surface area contributed by atoms with Crippen LogP contribution in [0.2, 0.25) is 0 Å². The monoisotopic (exact) mass is 347 g/mol. The van der Waals surface area contributed by atoms with Crippen LogP contribution in [0.3, 0.4) is 0 Å². The molecule has 0 spiro atoms. The average Bonchev–Trinajstić information content (AvgIpc) is 2.63. The van der Waals surface area contributed by atoms with E-state index in [1.807, 2.05) is 24.3 Å². The van der Waals surface area contributed by atoms with Gasteiger partial charge in [-0.05, 0) is 24.1 Å². The molecule has 0 aliphatic carbocycles. The van der Waals surface area contributed by atoms with Crippen LogP contribution in [0.1, 0.15) is 12.0 Å². The van der Waals surface area contributed by atoms with Crippen molar-refractivity contribution in [2.75, 3.05) is 53.1 Å². The Morgan fingerprint density at radius 1 is 1.36 bits per heavy atom. The lowest BCUT2D eigenvalue weighted by atomic mass is 10.1. The van der Waals surface area contributed by atoms with Gasteiger partial charge in [-0.25, -0.2) is 0 Å². The molecule has 7 nitrogen and oxygen atoms in total. The highest BCUT2D eigenvalue weighted by Crippen LogP contribution is 2.28. The molecular formula is C18H25N3O4. The first kappa shape index (κ1) is 19.0. The summed E-state index contributed by atoms with van der Waals surface area (Å²) in [6.07, 6.45) is 0.556. The van der Waals surface area contributed by atoms with E-state index in [1.54, 1.807) is 7.11 Å². The Balaban J connectivity index is 1.79. The van der Waals surface area contributed by atoms with Gasteiger partial charge in [-0.3, -0.25) is 9.69 Å². The van der Waals surface area contributed by atoms with E-state index in [0.29, 0.717) is 31.1 Å². The second kappa shape index (κ2) is 10.5. The summed E-state index contributed by atoms with van der Waals surface area (Å²) < 4.78 is 16.6. The lowest BCUT2D eigenvalue weighted by Crippen LogP contribution is -2.38. The molecule has 7 heteroatoms. The number of ether oxygens (including phenoxy) is 3. The number of nitrogens with one attached hydrogen (secondary N) is 1. The number of hydrogen-bond acceptors (Lipinski definition) is 6. The molecule has 0 radical (unpaired) electrons. The average molecular weight is 347 g/mol. The van der Waals surface area contributed by atoms with Gasteiger partial charge in [0.05, 0.1) is 26.4 Å². The normalized spacial score (nSPS) is 14.6. The van der Waals surface area contributed by atoms with Crippen molar-refractivity contribution in [2.24, 2.45) is 0 Å². The van der Waals surface area contributed by atoms with E-state index in [1.165, 1.54) is 0 Å². The van der Waals surface area contributed by atoms with Crippen LogP contribution in [-0.4, -0.2) is 63.9 Å². The minimum absolute atomic E-state index is 0.112. The van der Waals surface area contributed by atoms with Gasteiger partial charge in [-0.15, -0.1) is 0 Å². The summed E-state index contributed by atoms with van der Waals surface area (Å²) in [5.41, 5.74) is 1.04. The molecule has 1 aliphatic rings. The first-order valence-electron chi connectivity index (χ1n) is 8.46. The fourth-order valence-corrected chi connectivity index (χ4v) is 2.58. The van der Waals surface area contributed by atoms with E-state index in [-0.39, 0.29) is 12.3 Å². The Bertz CT molecular complexity index is 594. The highest BCUT2D eigenvalue weighted by Gasteiger charge is 2.11. The van der Waals surface area contributed by atoms with Crippen molar-refractivity contribution in [3.8, 4) is 17.6 Å². The van der Waals surface area contributed by atoms with Crippen LogP contribution in [-0.2, 0) is 16.0 Å². The zero-order chi connectivity index (χ0) is 17.9. The number of carbonyl (C=O) groups excluding carboxylic acids is 1. The molecule has 1 aromatic rings. The number of methoxy groups -OCH3 is 1. The topological polar surface area (TPSA) is 83.8 Å². The summed E-state index contributed by atoms with van der Waals surface area (Å²) in [7, 11) is 1.61. The molecule has 1 fully saturated rings. The Labute approximate surface area is 148 Å². The third kappa shape index (κ3) is 6.61. The van der Waals surface area contributed by atoms with Gasteiger partial charge in [0.25, 0.3) is 0 Å². The van der Waals surface area contributed by atoms with Crippen LogP contribution < -0.4 is 14.8 Å². The number of benzene rings is 1. The molecule has 25 heavy (non-hydrogen) atoms. The van der Waals surface area contributed by atoms with Gasteiger partial charge in [0, 0.05) is 26.2 Å². The van der Waals surface area contributed by atoms with Gasteiger partial charge in [-0.2, -0.15) is 5.26 Å². The first-order valence-corrected chi connectivity index (χ1v) is 8.46. The lowest BCUT2D eigenvalue weighted by molar-refractivity contribution is -0.120. The maximum absolute atomic E-state index is 11.3. The number of nitriles is 1. The zero-order valence-electron chi connectivity index (χ0n) is 14.6. The number of hydrogen-bond donors (Lipinski definition) is 1. The van der Waals surface area contributed by atoms with Crippen molar-refractivity contribution in [1.82, 2.24) is 10.2 Å². The predicted octanol–water partition coefficient (Wildman–Crippen LogP) is 0.979. The highest BCUT2D eigenvalue weighted by atomic mass is 16.5. The minimum atomic E-state index is -0.252. The number of morpholine rings is 1.